The maximum Gasteiger partial charge on any atom is 0.195 e. The van der Waals surface area contributed by atoms with Gasteiger partial charge in [-0.25, -0.2) is 0 Å². The molecule has 1 saturated carbocycles. The number of benzene rings is 1. The van der Waals surface area contributed by atoms with Gasteiger partial charge in [-0.15, -0.1) is 0 Å². The van der Waals surface area contributed by atoms with Crippen LogP contribution in [0.3, 0.4) is 0 Å². The molecule has 0 atom stereocenters. The average molecular weight is 407 g/mol. The van der Waals surface area contributed by atoms with Gasteiger partial charge in [0.2, 0.25) is 0 Å². The molecule has 1 aliphatic heterocycles. The molecule has 1 heterocycles. The van der Waals surface area contributed by atoms with E-state index in [0.717, 1.165) is 23.9 Å². The Hall–Kier alpha value is -1.60. The summed E-state index contributed by atoms with van der Waals surface area (Å²) in [4.78, 5) is 7.18. The third-order valence-electron chi connectivity index (χ3n) is 5.92. The van der Waals surface area contributed by atoms with Crippen LogP contribution in [0, 0.1) is 0 Å². The van der Waals surface area contributed by atoms with Crippen molar-refractivity contribution < 1.29 is 9.47 Å². The fourth-order valence-corrected chi connectivity index (χ4v) is 5.23. The molecule has 1 aromatic carbocycles. The van der Waals surface area contributed by atoms with E-state index >= 15 is 0 Å². The number of thioether (sulfide) groups is 1. The zero-order chi connectivity index (χ0) is 19.8. The molecule has 0 radical (unpaired) electrons. The van der Waals surface area contributed by atoms with Crippen molar-refractivity contribution >= 4 is 23.4 Å². The van der Waals surface area contributed by atoms with Gasteiger partial charge in [0, 0.05) is 55.5 Å². The Morgan fingerprint density at radius 1 is 1.11 bits per heavy atom. The van der Waals surface area contributed by atoms with E-state index in [1.165, 1.54) is 56.7 Å². The highest BCUT2D eigenvalue weighted by Gasteiger charge is 2.38. The fourth-order valence-electron chi connectivity index (χ4n) is 4.33. The van der Waals surface area contributed by atoms with E-state index in [1.54, 1.807) is 14.2 Å². The van der Waals surface area contributed by atoms with Gasteiger partial charge in [0.05, 0.1) is 14.2 Å². The van der Waals surface area contributed by atoms with E-state index in [2.05, 4.69) is 32.3 Å². The lowest BCUT2D eigenvalue weighted by Gasteiger charge is -2.48. The third-order valence-corrected chi connectivity index (χ3v) is 6.86. The van der Waals surface area contributed by atoms with Crippen LogP contribution in [-0.4, -0.2) is 68.8 Å². The number of aliphatic imine (C=N–C) groups is 1. The maximum atomic E-state index is 5.41. The predicted molar refractivity (Wildman–Crippen MR) is 119 cm³/mol. The maximum absolute atomic E-state index is 5.41. The van der Waals surface area contributed by atoms with Crippen LogP contribution in [0.25, 0.3) is 0 Å². The molecule has 1 aromatic rings. The summed E-state index contributed by atoms with van der Waals surface area (Å²) in [6.45, 7) is 3.34. The second kappa shape index (κ2) is 10.3. The Morgan fingerprint density at radius 3 is 2.46 bits per heavy atom. The summed E-state index contributed by atoms with van der Waals surface area (Å²) >= 11 is 2.08. The molecular weight excluding hydrogens is 372 g/mol. The molecular formula is C21H34N4O2S. The minimum Gasteiger partial charge on any atom is -0.493 e. The standard InChI is InChI=1S/C21H34N4O2S/c1-22-20(24-17-7-8-18(26-2)19(15-17)27-3)23-16-21(9-5-4-6-10-21)25-11-13-28-14-12-25/h7-8,15H,4-6,9-14,16H2,1-3H3,(H2,22,23,24). The Labute approximate surface area is 173 Å². The predicted octanol–water partition coefficient (Wildman–Crippen LogP) is 3.44. The molecule has 3 rings (SSSR count). The van der Waals surface area contributed by atoms with Gasteiger partial charge < -0.3 is 20.1 Å². The summed E-state index contributed by atoms with van der Waals surface area (Å²) in [6, 6.07) is 5.82. The summed E-state index contributed by atoms with van der Waals surface area (Å²) in [7, 11) is 5.12. The summed E-state index contributed by atoms with van der Waals surface area (Å²) in [5.74, 6) is 4.72. The number of methoxy groups -OCH3 is 2. The van der Waals surface area contributed by atoms with Crippen molar-refractivity contribution in [3.8, 4) is 11.5 Å². The van der Waals surface area contributed by atoms with E-state index in [4.69, 9.17) is 9.47 Å². The van der Waals surface area contributed by atoms with E-state index in [-0.39, 0.29) is 5.54 Å². The monoisotopic (exact) mass is 406 g/mol. The van der Waals surface area contributed by atoms with Crippen LogP contribution in [0.5, 0.6) is 11.5 Å². The molecule has 1 saturated heterocycles. The zero-order valence-corrected chi connectivity index (χ0v) is 18.2. The SMILES string of the molecule is CN=C(NCC1(N2CCSCC2)CCCCC1)Nc1ccc(OC)c(OC)c1. The fraction of sp³-hybridized carbons (Fsp3) is 0.667. The quantitative estimate of drug-likeness (QED) is 0.557. The van der Waals surface area contributed by atoms with Crippen molar-refractivity contribution in [3.05, 3.63) is 18.2 Å². The molecule has 1 aliphatic carbocycles. The molecule has 2 aliphatic rings. The number of hydrogen-bond acceptors (Lipinski definition) is 5. The number of anilines is 1. The smallest absolute Gasteiger partial charge is 0.195 e. The summed E-state index contributed by atoms with van der Waals surface area (Å²) in [6.07, 6.45) is 6.57. The minimum atomic E-state index is 0.258. The Bertz CT molecular complexity index is 656. The Balaban J connectivity index is 1.66. The summed E-state index contributed by atoms with van der Waals surface area (Å²) < 4.78 is 10.7. The van der Waals surface area contributed by atoms with Crippen LogP contribution in [0.1, 0.15) is 32.1 Å². The number of nitrogens with one attached hydrogen (secondary N) is 2. The highest BCUT2D eigenvalue weighted by Crippen LogP contribution is 2.35. The topological polar surface area (TPSA) is 58.1 Å². The van der Waals surface area contributed by atoms with Gasteiger partial charge in [0.25, 0.3) is 0 Å². The van der Waals surface area contributed by atoms with Crippen LogP contribution >= 0.6 is 11.8 Å². The first-order valence-electron chi connectivity index (χ1n) is 10.2. The van der Waals surface area contributed by atoms with Crippen LogP contribution < -0.4 is 20.1 Å². The van der Waals surface area contributed by atoms with Gasteiger partial charge in [-0.05, 0) is 25.0 Å². The lowest BCUT2D eigenvalue weighted by Crippen LogP contribution is -2.59. The number of rotatable bonds is 6. The lowest BCUT2D eigenvalue weighted by molar-refractivity contribution is 0.0628. The first-order valence-corrected chi connectivity index (χ1v) is 11.4. The van der Waals surface area contributed by atoms with Crippen molar-refractivity contribution in [2.75, 3.05) is 57.7 Å². The summed E-state index contributed by atoms with van der Waals surface area (Å²) in [5.41, 5.74) is 1.19. The lowest BCUT2D eigenvalue weighted by atomic mass is 9.80. The number of guanidine groups is 1. The van der Waals surface area contributed by atoms with Gasteiger partial charge in [-0.3, -0.25) is 9.89 Å². The molecule has 7 heteroatoms. The Morgan fingerprint density at radius 2 is 1.82 bits per heavy atom. The van der Waals surface area contributed by atoms with Gasteiger partial charge in [-0.1, -0.05) is 19.3 Å². The van der Waals surface area contributed by atoms with Gasteiger partial charge in [-0.2, -0.15) is 11.8 Å². The van der Waals surface area contributed by atoms with Crippen molar-refractivity contribution in [2.45, 2.75) is 37.6 Å². The average Bonchev–Trinajstić information content (AvgIpc) is 2.77. The minimum absolute atomic E-state index is 0.258. The summed E-state index contributed by atoms with van der Waals surface area (Å²) in [5, 5.41) is 7.01. The molecule has 0 amide bonds. The molecule has 28 heavy (non-hydrogen) atoms. The molecule has 2 N–H and O–H groups in total. The molecule has 0 unspecified atom stereocenters. The number of ether oxygens (including phenoxy) is 2. The molecule has 0 spiro atoms. The van der Waals surface area contributed by atoms with Crippen LogP contribution in [0.15, 0.2) is 23.2 Å². The van der Waals surface area contributed by atoms with Crippen LogP contribution in [0.4, 0.5) is 5.69 Å². The second-order valence-electron chi connectivity index (χ2n) is 7.50. The second-order valence-corrected chi connectivity index (χ2v) is 8.73. The van der Waals surface area contributed by atoms with Crippen molar-refractivity contribution in [1.82, 2.24) is 10.2 Å². The van der Waals surface area contributed by atoms with Gasteiger partial charge in [0.15, 0.2) is 17.5 Å². The van der Waals surface area contributed by atoms with Crippen molar-refractivity contribution in [2.24, 2.45) is 4.99 Å². The van der Waals surface area contributed by atoms with Crippen molar-refractivity contribution in [3.63, 3.8) is 0 Å². The number of nitrogens with zero attached hydrogens (tertiary/aromatic N) is 2. The first-order chi connectivity index (χ1) is 13.7. The molecule has 2 fully saturated rings. The van der Waals surface area contributed by atoms with E-state index < -0.39 is 0 Å². The normalized spacial score (nSPS) is 20.5. The van der Waals surface area contributed by atoms with E-state index in [9.17, 15) is 0 Å². The molecule has 6 nitrogen and oxygen atoms in total. The number of hydrogen-bond donors (Lipinski definition) is 2. The zero-order valence-electron chi connectivity index (χ0n) is 17.4. The van der Waals surface area contributed by atoms with Crippen LogP contribution in [-0.2, 0) is 0 Å². The third kappa shape index (κ3) is 5.06. The van der Waals surface area contributed by atoms with E-state index in [1.807, 2.05) is 25.2 Å². The molecule has 0 aromatic heterocycles. The highest BCUT2D eigenvalue weighted by atomic mass is 32.2. The van der Waals surface area contributed by atoms with Crippen LogP contribution in [0.2, 0.25) is 0 Å². The molecule has 0 bridgehead atoms. The van der Waals surface area contributed by atoms with Gasteiger partial charge >= 0.3 is 0 Å². The Kier molecular flexibility index (Phi) is 7.73. The first kappa shape index (κ1) is 21.1. The van der Waals surface area contributed by atoms with E-state index in [0.29, 0.717) is 5.75 Å². The van der Waals surface area contributed by atoms with Crippen molar-refractivity contribution in [1.29, 1.82) is 0 Å². The largest absolute Gasteiger partial charge is 0.493 e. The highest BCUT2D eigenvalue weighted by molar-refractivity contribution is 7.99. The molecule has 156 valence electrons. The van der Waals surface area contributed by atoms with Gasteiger partial charge in [0.1, 0.15) is 0 Å².